The molecule has 0 aliphatic heterocycles. The minimum atomic E-state index is -0.651. The molecule has 0 saturated carbocycles. The van der Waals surface area contributed by atoms with Crippen molar-refractivity contribution in [3.05, 3.63) is 22.7 Å². The van der Waals surface area contributed by atoms with Gasteiger partial charge in [0, 0.05) is 33.1 Å². The summed E-state index contributed by atoms with van der Waals surface area (Å²) in [5.41, 5.74) is -0.220. The third kappa shape index (κ3) is 3.34. The quantitative estimate of drug-likeness (QED) is 0.669. The molecule has 1 unspecified atom stereocenters. The molecule has 6 heteroatoms. The van der Waals surface area contributed by atoms with Crippen LogP contribution in [-0.4, -0.2) is 41.0 Å². The number of nitrogens with one attached hydrogen (secondary N) is 1. The molecule has 0 aliphatic carbocycles. The average molecular weight is 213 g/mol. The van der Waals surface area contributed by atoms with Crippen molar-refractivity contribution < 1.29 is 9.84 Å². The predicted octanol–water partition coefficient (Wildman–Crippen LogP) is -0.801. The summed E-state index contributed by atoms with van der Waals surface area (Å²) in [6, 6.07) is 0. The van der Waals surface area contributed by atoms with Crippen LogP contribution in [-0.2, 0) is 11.8 Å². The Balaban J connectivity index is 2.58. The van der Waals surface area contributed by atoms with Crippen LogP contribution in [0.2, 0.25) is 0 Å². The maximum absolute atomic E-state index is 11.5. The van der Waals surface area contributed by atoms with Crippen molar-refractivity contribution in [3.63, 3.8) is 0 Å². The number of ether oxygens (including phenoxy) is 1. The molecule has 0 fully saturated rings. The molecular weight excluding hydrogens is 198 g/mol. The van der Waals surface area contributed by atoms with E-state index in [1.807, 2.05) is 0 Å². The van der Waals surface area contributed by atoms with Crippen LogP contribution in [0.15, 0.2) is 17.2 Å². The van der Waals surface area contributed by atoms with E-state index in [9.17, 15) is 9.90 Å². The normalized spacial score (nSPS) is 12.5. The van der Waals surface area contributed by atoms with Crippen LogP contribution in [0.1, 0.15) is 0 Å². The second-order valence-corrected chi connectivity index (χ2v) is 3.18. The molecule has 0 aliphatic rings. The van der Waals surface area contributed by atoms with Gasteiger partial charge < -0.3 is 19.7 Å². The smallest absolute Gasteiger partial charge is 0.293 e. The molecule has 84 valence electrons. The van der Waals surface area contributed by atoms with Crippen LogP contribution in [0.4, 0.5) is 5.82 Å². The molecule has 0 spiro atoms. The number of nitrogens with zero attached hydrogens (tertiary/aromatic N) is 2. The monoisotopic (exact) mass is 213 g/mol. The van der Waals surface area contributed by atoms with Gasteiger partial charge in [-0.2, -0.15) is 0 Å². The number of methoxy groups -OCH3 is 1. The molecule has 1 aromatic heterocycles. The zero-order valence-corrected chi connectivity index (χ0v) is 8.80. The Labute approximate surface area is 87.5 Å². The van der Waals surface area contributed by atoms with Crippen molar-refractivity contribution in [1.82, 2.24) is 9.55 Å². The Morgan fingerprint density at radius 2 is 2.47 bits per heavy atom. The highest BCUT2D eigenvalue weighted by atomic mass is 16.5. The third-order valence-corrected chi connectivity index (χ3v) is 1.88. The van der Waals surface area contributed by atoms with Gasteiger partial charge in [-0.25, -0.2) is 4.98 Å². The zero-order chi connectivity index (χ0) is 11.3. The lowest BCUT2D eigenvalue weighted by Crippen LogP contribution is -2.29. The van der Waals surface area contributed by atoms with E-state index in [1.54, 1.807) is 13.2 Å². The van der Waals surface area contributed by atoms with Gasteiger partial charge in [-0.15, -0.1) is 0 Å². The van der Waals surface area contributed by atoms with Gasteiger partial charge in [0.2, 0.25) is 0 Å². The van der Waals surface area contributed by atoms with Gasteiger partial charge in [0.15, 0.2) is 5.82 Å². The van der Waals surface area contributed by atoms with E-state index in [0.29, 0.717) is 0 Å². The zero-order valence-electron chi connectivity index (χ0n) is 8.80. The van der Waals surface area contributed by atoms with E-state index < -0.39 is 6.10 Å². The average Bonchev–Trinajstić information content (AvgIpc) is 2.21. The van der Waals surface area contributed by atoms with Crippen molar-refractivity contribution in [2.45, 2.75) is 6.10 Å². The molecule has 0 aromatic carbocycles. The summed E-state index contributed by atoms with van der Waals surface area (Å²) in [5.74, 6) is 0.232. The molecule has 1 aromatic rings. The first-order valence-electron chi connectivity index (χ1n) is 4.57. The number of hydrogen-bond donors (Lipinski definition) is 2. The molecule has 0 amide bonds. The highest BCUT2D eigenvalue weighted by Crippen LogP contribution is 1.92. The number of hydrogen-bond acceptors (Lipinski definition) is 5. The molecule has 1 heterocycles. The topological polar surface area (TPSA) is 76.4 Å². The molecule has 1 rings (SSSR count). The Bertz CT molecular complexity index is 364. The standard InChI is InChI=1S/C9H15N3O3/c1-12-4-3-10-8(9(12)14)11-5-7(13)6-15-2/h3-4,7,13H,5-6H2,1-2H3,(H,10,11). The molecule has 15 heavy (non-hydrogen) atoms. The molecule has 2 N–H and O–H groups in total. The minimum absolute atomic E-state index is 0.220. The molecule has 0 saturated heterocycles. The third-order valence-electron chi connectivity index (χ3n) is 1.88. The van der Waals surface area contributed by atoms with E-state index in [0.717, 1.165) is 0 Å². The Morgan fingerprint density at radius 1 is 1.73 bits per heavy atom. The predicted molar refractivity (Wildman–Crippen MR) is 55.9 cm³/mol. The summed E-state index contributed by atoms with van der Waals surface area (Å²) in [6.07, 6.45) is 2.44. The van der Waals surface area contributed by atoms with Gasteiger partial charge in [0.1, 0.15) is 0 Å². The molecule has 0 radical (unpaired) electrons. The van der Waals surface area contributed by atoms with Gasteiger partial charge in [-0.05, 0) is 0 Å². The lowest BCUT2D eigenvalue weighted by atomic mass is 10.4. The van der Waals surface area contributed by atoms with Crippen LogP contribution in [0.5, 0.6) is 0 Å². The number of aryl methyl sites for hydroxylation is 1. The largest absolute Gasteiger partial charge is 0.389 e. The summed E-state index contributed by atoms with van der Waals surface area (Å²) in [7, 11) is 3.14. The number of anilines is 1. The number of rotatable bonds is 5. The van der Waals surface area contributed by atoms with Gasteiger partial charge in [-0.1, -0.05) is 0 Å². The fourth-order valence-electron chi connectivity index (χ4n) is 1.08. The van der Waals surface area contributed by atoms with Crippen molar-refractivity contribution in [1.29, 1.82) is 0 Å². The van der Waals surface area contributed by atoms with Crippen molar-refractivity contribution >= 4 is 5.82 Å². The molecule has 0 bridgehead atoms. The summed E-state index contributed by atoms with van der Waals surface area (Å²) in [6.45, 7) is 0.459. The van der Waals surface area contributed by atoms with Gasteiger partial charge >= 0.3 is 0 Å². The molecule has 6 nitrogen and oxygen atoms in total. The van der Waals surface area contributed by atoms with Gasteiger partial charge in [-0.3, -0.25) is 4.79 Å². The maximum Gasteiger partial charge on any atom is 0.293 e. The van der Waals surface area contributed by atoms with E-state index in [2.05, 4.69) is 10.3 Å². The fourth-order valence-corrected chi connectivity index (χ4v) is 1.08. The van der Waals surface area contributed by atoms with Crippen LogP contribution >= 0.6 is 0 Å². The molecular formula is C9H15N3O3. The first-order chi connectivity index (χ1) is 7.15. The van der Waals surface area contributed by atoms with Crippen molar-refractivity contribution in [2.24, 2.45) is 7.05 Å². The van der Waals surface area contributed by atoms with E-state index in [1.165, 1.54) is 17.9 Å². The number of aliphatic hydroxyl groups is 1. The van der Waals surface area contributed by atoms with E-state index in [4.69, 9.17) is 4.74 Å². The highest BCUT2D eigenvalue weighted by molar-refractivity contribution is 5.30. The summed E-state index contributed by atoms with van der Waals surface area (Å²) < 4.78 is 6.17. The first kappa shape index (κ1) is 11.7. The van der Waals surface area contributed by atoms with Gasteiger partial charge in [0.25, 0.3) is 5.56 Å². The van der Waals surface area contributed by atoms with Crippen LogP contribution < -0.4 is 10.9 Å². The van der Waals surface area contributed by atoms with Crippen LogP contribution in [0.3, 0.4) is 0 Å². The second kappa shape index (κ2) is 5.47. The first-order valence-corrected chi connectivity index (χ1v) is 4.57. The Morgan fingerprint density at radius 3 is 3.13 bits per heavy atom. The maximum atomic E-state index is 11.5. The Hall–Kier alpha value is -1.40. The van der Waals surface area contributed by atoms with Crippen LogP contribution in [0, 0.1) is 0 Å². The summed E-state index contributed by atoms with van der Waals surface area (Å²) in [5, 5.41) is 12.1. The van der Waals surface area contributed by atoms with E-state index in [-0.39, 0.29) is 24.5 Å². The second-order valence-electron chi connectivity index (χ2n) is 3.18. The van der Waals surface area contributed by atoms with Crippen molar-refractivity contribution in [2.75, 3.05) is 25.6 Å². The highest BCUT2D eigenvalue weighted by Gasteiger charge is 2.06. The fraction of sp³-hybridized carbons (Fsp3) is 0.556. The van der Waals surface area contributed by atoms with Crippen molar-refractivity contribution in [3.8, 4) is 0 Å². The van der Waals surface area contributed by atoms with Gasteiger partial charge in [0.05, 0.1) is 12.7 Å². The number of aliphatic hydroxyl groups excluding tert-OH is 1. The number of aromatic nitrogens is 2. The summed E-state index contributed by atoms with van der Waals surface area (Å²) in [4.78, 5) is 15.3. The SMILES string of the molecule is COCC(O)CNc1nccn(C)c1=O. The molecule has 1 atom stereocenters. The van der Waals surface area contributed by atoms with E-state index >= 15 is 0 Å². The van der Waals surface area contributed by atoms with Crippen LogP contribution in [0.25, 0.3) is 0 Å². The Kier molecular flexibility index (Phi) is 4.26. The minimum Gasteiger partial charge on any atom is -0.389 e. The lowest BCUT2D eigenvalue weighted by molar-refractivity contribution is 0.0727. The summed E-state index contributed by atoms with van der Waals surface area (Å²) >= 11 is 0. The lowest BCUT2D eigenvalue weighted by Gasteiger charge is -2.10.